The van der Waals surface area contributed by atoms with Gasteiger partial charge in [-0.1, -0.05) is 30.3 Å². The normalized spacial score (nSPS) is 11.8. The predicted octanol–water partition coefficient (Wildman–Crippen LogP) is 3.03. The molecular weight excluding hydrogens is 528 g/mol. The number of rotatable bonds is 11. The average molecular weight is 559 g/mol. The zero-order valence-electron chi connectivity index (χ0n) is 22.6. The number of carbonyl (C=O) groups is 2. The van der Waals surface area contributed by atoms with E-state index < -0.39 is 17.2 Å². The van der Waals surface area contributed by atoms with Gasteiger partial charge in [-0.05, 0) is 55.3 Å². The summed E-state index contributed by atoms with van der Waals surface area (Å²) in [6, 6.07) is 19.1. The molecule has 0 radical (unpaired) electrons. The van der Waals surface area contributed by atoms with Gasteiger partial charge in [0.05, 0.1) is 23.2 Å². The molecule has 0 spiro atoms. The Bertz CT molecular complexity index is 1710. The standard InChI is InChI=1S/C30H30N4O7/c1-2-39-24-11-6-4-9-22(24)32-28(36)18-34-23-10-5-3-8-21(23)29(37)33(30(34)38)15-7-12-27(35)31-17-20-13-14-25-26(16-20)41-19-40-25/h3-6,8-11,13-14,16H,2,7,12,15,17-19H2,1H3,(H,31,35)(H,32,36). The number of nitrogens with zero attached hydrogens (tertiary/aromatic N) is 2. The molecule has 4 aromatic rings. The Hall–Kier alpha value is -5.06. The lowest BCUT2D eigenvalue weighted by Gasteiger charge is -2.15. The average Bonchev–Trinajstić information content (AvgIpc) is 3.45. The van der Waals surface area contributed by atoms with Crippen molar-refractivity contribution in [2.24, 2.45) is 0 Å². The summed E-state index contributed by atoms with van der Waals surface area (Å²) in [4.78, 5) is 52.1. The highest BCUT2D eigenvalue weighted by molar-refractivity contribution is 5.93. The van der Waals surface area contributed by atoms with Crippen molar-refractivity contribution in [3.05, 3.63) is 93.1 Å². The Kier molecular flexibility index (Phi) is 8.33. The third-order valence-corrected chi connectivity index (χ3v) is 6.61. The number of nitrogens with one attached hydrogen (secondary N) is 2. The number of benzene rings is 3. The number of ether oxygens (including phenoxy) is 3. The molecule has 0 fully saturated rings. The van der Waals surface area contributed by atoms with Crippen molar-refractivity contribution < 1.29 is 23.8 Å². The molecule has 5 rings (SSSR count). The molecule has 0 aliphatic carbocycles. The first-order chi connectivity index (χ1) is 19.9. The van der Waals surface area contributed by atoms with Crippen molar-refractivity contribution in [3.8, 4) is 17.2 Å². The fraction of sp³-hybridized carbons (Fsp3) is 0.267. The van der Waals surface area contributed by atoms with Crippen LogP contribution in [0, 0.1) is 0 Å². The van der Waals surface area contributed by atoms with Crippen LogP contribution in [0.3, 0.4) is 0 Å². The molecule has 0 atom stereocenters. The molecule has 2 N–H and O–H groups in total. The van der Waals surface area contributed by atoms with Gasteiger partial charge in [-0.15, -0.1) is 0 Å². The summed E-state index contributed by atoms with van der Waals surface area (Å²) >= 11 is 0. The molecule has 1 aliphatic heterocycles. The van der Waals surface area contributed by atoms with Gasteiger partial charge in [0.15, 0.2) is 11.5 Å². The first-order valence-electron chi connectivity index (χ1n) is 13.3. The molecule has 41 heavy (non-hydrogen) atoms. The van der Waals surface area contributed by atoms with Crippen LogP contribution in [0.25, 0.3) is 10.9 Å². The third kappa shape index (κ3) is 6.24. The summed E-state index contributed by atoms with van der Waals surface area (Å²) < 4.78 is 18.6. The largest absolute Gasteiger partial charge is 0.492 e. The van der Waals surface area contributed by atoms with Crippen LogP contribution in [-0.4, -0.2) is 34.3 Å². The number of amides is 2. The van der Waals surface area contributed by atoms with Gasteiger partial charge in [-0.3, -0.25) is 23.5 Å². The maximum Gasteiger partial charge on any atom is 0.331 e. The predicted molar refractivity (Wildman–Crippen MR) is 152 cm³/mol. The van der Waals surface area contributed by atoms with Gasteiger partial charge in [0.2, 0.25) is 18.6 Å². The van der Waals surface area contributed by atoms with E-state index in [1.54, 1.807) is 54.6 Å². The Morgan fingerprint density at radius 1 is 0.927 bits per heavy atom. The quantitative estimate of drug-likeness (QED) is 0.289. The number of fused-ring (bicyclic) bond motifs is 2. The second-order valence-corrected chi connectivity index (χ2v) is 9.39. The second kappa shape index (κ2) is 12.4. The Morgan fingerprint density at radius 3 is 2.56 bits per heavy atom. The van der Waals surface area contributed by atoms with E-state index in [1.165, 1.54) is 4.57 Å². The van der Waals surface area contributed by atoms with Gasteiger partial charge in [0.1, 0.15) is 12.3 Å². The summed E-state index contributed by atoms with van der Waals surface area (Å²) in [6.45, 7) is 2.47. The minimum absolute atomic E-state index is 0.0226. The Balaban J connectivity index is 1.27. The molecule has 212 valence electrons. The van der Waals surface area contributed by atoms with Crippen molar-refractivity contribution in [2.45, 2.75) is 39.4 Å². The number of para-hydroxylation sites is 3. The highest BCUT2D eigenvalue weighted by Crippen LogP contribution is 2.32. The monoisotopic (exact) mass is 558 g/mol. The number of hydrogen-bond acceptors (Lipinski definition) is 7. The molecule has 2 amide bonds. The minimum Gasteiger partial charge on any atom is -0.492 e. The van der Waals surface area contributed by atoms with E-state index in [0.29, 0.717) is 47.0 Å². The van der Waals surface area contributed by atoms with E-state index in [9.17, 15) is 19.2 Å². The van der Waals surface area contributed by atoms with E-state index in [-0.39, 0.29) is 38.6 Å². The van der Waals surface area contributed by atoms with Gasteiger partial charge < -0.3 is 24.8 Å². The molecule has 0 saturated heterocycles. The van der Waals surface area contributed by atoms with Gasteiger partial charge >= 0.3 is 5.69 Å². The van der Waals surface area contributed by atoms with Crippen LogP contribution >= 0.6 is 0 Å². The van der Waals surface area contributed by atoms with Crippen molar-refractivity contribution >= 4 is 28.4 Å². The molecule has 1 aromatic heterocycles. The van der Waals surface area contributed by atoms with Crippen molar-refractivity contribution in [3.63, 3.8) is 0 Å². The van der Waals surface area contributed by atoms with Crippen LogP contribution < -0.4 is 36.1 Å². The third-order valence-electron chi connectivity index (χ3n) is 6.61. The van der Waals surface area contributed by atoms with Crippen LogP contribution in [0.15, 0.2) is 76.3 Å². The van der Waals surface area contributed by atoms with Gasteiger partial charge in [-0.25, -0.2) is 4.79 Å². The number of anilines is 1. The molecule has 0 unspecified atom stereocenters. The van der Waals surface area contributed by atoms with Crippen LogP contribution in [-0.2, 0) is 29.2 Å². The van der Waals surface area contributed by atoms with Gasteiger partial charge in [-0.2, -0.15) is 0 Å². The second-order valence-electron chi connectivity index (χ2n) is 9.39. The van der Waals surface area contributed by atoms with E-state index in [4.69, 9.17) is 14.2 Å². The SMILES string of the molecule is CCOc1ccccc1NC(=O)Cn1c(=O)n(CCCC(=O)NCc2ccc3c(c2)OCO3)c(=O)c2ccccc21. The zero-order chi connectivity index (χ0) is 28.8. The molecule has 11 nitrogen and oxygen atoms in total. The summed E-state index contributed by atoms with van der Waals surface area (Å²) in [6.07, 6.45) is 0.367. The topological polar surface area (TPSA) is 130 Å². The maximum absolute atomic E-state index is 13.4. The van der Waals surface area contributed by atoms with E-state index in [0.717, 1.165) is 10.1 Å². The van der Waals surface area contributed by atoms with Crippen LogP contribution in [0.2, 0.25) is 0 Å². The maximum atomic E-state index is 13.4. The summed E-state index contributed by atoms with van der Waals surface area (Å²) in [5.41, 5.74) is 0.607. The van der Waals surface area contributed by atoms with E-state index in [2.05, 4.69) is 10.6 Å². The molecule has 11 heteroatoms. The van der Waals surface area contributed by atoms with Gasteiger partial charge in [0.25, 0.3) is 5.56 Å². The lowest BCUT2D eigenvalue weighted by molar-refractivity contribution is -0.121. The summed E-state index contributed by atoms with van der Waals surface area (Å²) in [7, 11) is 0. The van der Waals surface area contributed by atoms with Gasteiger partial charge in [0, 0.05) is 19.5 Å². The molecule has 2 heterocycles. The zero-order valence-corrected chi connectivity index (χ0v) is 22.6. The number of aromatic nitrogens is 2. The highest BCUT2D eigenvalue weighted by atomic mass is 16.7. The van der Waals surface area contributed by atoms with Crippen molar-refractivity contribution in [1.29, 1.82) is 0 Å². The Labute approximate surface area is 235 Å². The lowest BCUT2D eigenvalue weighted by atomic mass is 10.2. The van der Waals surface area contributed by atoms with E-state index in [1.807, 2.05) is 19.1 Å². The molecular formula is C30H30N4O7. The smallest absolute Gasteiger partial charge is 0.331 e. The van der Waals surface area contributed by atoms with Crippen LogP contribution in [0.1, 0.15) is 25.3 Å². The molecule has 3 aromatic carbocycles. The first kappa shape index (κ1) is 27.5. The fourth-order valence-corrected chi connectivity index (χ4v) is 4.64. The molecule has 0 bridgehead atoms. The highest BCUT2D eigenvalue weighted by Gasteiger charge is 2.17. The first-order valence-corrected chi connectivity index (χ1v) is 13.3. The van der Waals surface area contributed by atoms with Crippen molar-refractivity contribution in [2.75, 3.05) is 18.7 Å². The van der Waals surface area contributed by atoms with Crippen molar-refractivity contribution in [1.82, 2.24) is 14.5 Å². The summed E-state index contributed by atoms with van der Waals surface area (Å²) in [5, 5.41) is 5.94. The number of carbonyl (C=O) groups excluding carboxylic acids is 2. The molecule has 0 saturated carbocycles. The van der Waals surface area contributed by atoms with Crippen LogP contribution in [0.4, 0.5) is 5.69 Å². The van der Waals surface area contributed by atoms with E-state index >= 15 is 0 Å². The van der Waals surface area contributed by atoms with Crippen LogP contribution in [0.5, 0.6) is 17.2 Å². The summed E-state index contributed by atoms with van der Waals surface area (Å²) in [5.74, 6) is 1.15. The number of hydrogen-bond donors (Lipinski definition) is 2. The molecule has 1 aliphatic rings. The Morgan fingerprint density at radius 2 is 1.71 bits per heavy atom. The fourth-order valence-electron chi connectivity index (χ4n) is 4.64. The lowest BCUT2D eigenvalue weighted by Crippen LogP contribution is -2.42. The minimum atomic E-state index is -0.622.